The summed E-state index contributed by atoms with van der Waals surface area (Å²) < 4.78 is 0. The summed E-state index contributed by atoms with van der Waals surface area (Å²) in [4.78, 5) is 21.5. The number of carbonyl (C=O) groups is 1. The quantitative estimate of drug-likeness (QED) is 0.824. The number of primary amides is 1. The van der Waals surface area contributed by atoms with Gasteiger partial charge < -0.3 is 10.6 Å². The van der Waals surface area contributed by atoms with Crippen molar-refractivity contribution in [2.75, 3.05) is 11.9 Å². The van der Waals surface area contributed by atoms with Crippen LogP contribution in [0.4, 0.5) is 5.82 Å². The van der Waals surface area contributed by atoms with E-state index in [0.29, 0.717) is 6.04 Å². The summed E-state index contributed by atoms with van der Waals surface area (Å²) in [6.07, 6.45) is 2.15. The molecule has 5 heteroatoms. The SMILES string of the molecule is CCc1nc(C(N)=O)cnc1N(C)C(C)C. The second-order valence-corrected chi connectivity index (χ2v) is 3.95. The Kier molecular flexibility index (Phi) is 3.82. The van der Waals surface area contributed by atoms with Crippen LogP contribution in [0.3, 0.4) is 0 Å². The molecule has 0 unspecified atom stereocenters. The van der Waals surface area contributed by atoms with Gasteiger partial charge in [0.25, 0.3) is 5.91 Å². The normalized spacial score (nSPS) is 10.6. The predicted octanol–water partition coefficient (Wildman–Crippen LogP) is 0.982. The maximum absolute atomic E-state index is 11.0. The number of carbonyl (C=O) groups excluding carboxylic acids is 1. The van der Waals surface area contributed by atoms with Gasteiger partial charge in [-0.3, -0.25) is 4.79 Å². The Hall–Kier alpha value is -1.65. The number of anilines is 1. The van der Waals surface area contributed by atoms with Gasteiger partial charge in [0.2, 0.25) is 0 Å². The van der Waals surface area contributed by atoms with Crippen molar-refractivity contribution in [1.82, 2.24) is 9.97 Å². The maximum atomic E-state index is 11.0. The van der Waals surface area contributed by atoms with Gasteiger partial charge in [0.05, 0.1) is 11.9 Å². The van der Waals surface area contributed by atoms with E-state index in [1.165, 1.54) is 6.20 Å². The molecule has 1 heterocycles. The minimum absolute atomic E-state index is 0.220. The van der Waals surface area contributed by atoms with Crippen LogP contribution in [0.5, 0.6) is 0 Å². The molecule has 0 bridgehead atoms. The third-order valence-electron chi connectivity index (χ3n) is 2.52. The molecule has 0 aliphatic rings. The van der Waals surface area contributed by atoms with Crippen LogP contribution in [0.15, 0.2) is 6.20 Å². The Morgan fingerprint density at radius 1 is 1.56 bits per heavy atom. The Bertz CT molecular complexity index is 390. The number of amides is 1. The zero-order valence-corrected chi connectivity index (χ0v) is 10.2. The van der Waals surface area contributed by atoms with Crippen molar-refractivity contribution in [2.24, 2.45) is 5.73 Å². The summed E-state index contributed by atoms with van der Waals surface area (Å²) in [5, 5.41) is 0. The highest BCUT2D eigenvalue weighted by Gasteiger charge is 2.14. The van der Waals surface area contributed by atoms with Gasteiger partial charge in [0.15, 0.2) is 0 Å². The number of nitrogens with two attached hydrogens (primary N) is 1. The van der Waals surface area contributed by atoms with E-state index < -0.39 is 5.91 Å². The van der Waals surface area contributed by atoms with E-state index in [9.17, 15) is 4.79 Å². The molecule has 2 N–H and O–H groups in total. The molecule has 0 saturated heterocycles. The van der Waals surface area contributed by atoms with Gasteiger partial charge in [-0.1, -0.05) is 6.92 Å². The smallest absolute Gasteiger partial charge is 0.268 e. The maximum Gasteiger partial charge on any atom is 0.268 e. The number of aryl methyl sites for hydroxylation is 1. The first-order valence-corrected chi connectivity index (χ1v) is 5.35. The van der Waals surface area contributed by atoms with Crippen LogP contribution < -0.4 is 10.6 Å². The van der Waals surface area contributed by atoms with E-state index in [1.807, 2.05) is 18.9 Å². The number of hydrogen-bond acceptors (Lipinski definition) is 4. The van der Waals surface area contributed by atoms with Crippen molar-refractivity contribution in [3.63, 3.8) is 0 Å². The van der Waals surface area contributed by atoms with E-state index in [0.717, 1.165) is 17.9 Å². The van der Waals surface area contributed by atoms with Gasteiger partial charge in [0, 0.05) is 13.1 Å². The van der Waals surface area contributed by atoms with Crippen molar-refractivity contribution in [3.05, 3.63) is 17.6 Å². The molecule has 0 atom stereocenters. The van der Waals surface area contributed by atoms with E-state index in [1.54, 1.807) is 0 Å². The highest BCUT2D eigenvalue weighted by molar-refractivity contribution is 5.90. The predicted molar refractivity (Wildman–Crippen MR) is 63.5 cm³/mol. The molecule has 16 heavy (non-hydrogen) atoms. The molecule has 0 fully saturated rings. The molecule has 1 amide bonds. The molecule has 0 spiro atoms. The minimum atomic E-state index is -0.541. The lowest BCUT2D eigenvalue weighted by molar-refractivity contribution is 0.0995. The summed E-state index contributed by atoms with van der Waals surface area (Å²) in [5.41, 5.74) is 6.19. The summed E-state index contributed by atoms with van der Waals surface area (Å²) in [6, 6.07) is 0.332. The average Bonchev–Trinajstić information content (AvgIpc) is 2.26. The van der Waals surface area contributed by atoms with Crippen LogP contribution in [0.1, 0.15) is 37.0 Å². The third kappa shape index (κ3) is 2.48. The van der Waals surface area contributed by atoms with E-state index in [4.69, 9.17) is 5.73 Å². The Labute approximate surface area is 95.7 Å². The highest BCUT2D eigenvalue weighted by atomic mass is 16.1. The Morgan fingerprint density at radius 3 is 2.62 bits per heavy atom. The van der Waals surface area contributed by atoms with Crippen molar-refractivity contribution < 1.29 is 4.79 Å². The molecule has 88 valence electrons. The van der Waals surface area contributed by atoms with Gasteiger partial charge in [-0.05, 0) is 20.3 Å². The molecule has 0 saturated carbocycles. The van der Waals surface area contributed by atoms with E-state index >= 15 is 0 Å². The van der Waals surface area contributed by atoms with E-state index in [2.05, 4.69) is 23.8 Å². The molecule has 0 radical (unpaired) electrons. The summed E-state index contributed by atoms with van der Waals surface area (Å²) in [5.74, 6) is 0.267. The largest absolute Gasteiger partial charge is 0.364 e. The standard InChI is InChI=1S/C11H18N4O/c1-5-8-11(15(4)7(2)3)13-6-9(14-8)10(12)16/h6-7H,5H2,1-4H3,(H2,12,16). The van der Waals surface area contributed by atoms with Crippen LogP contribution in [-0.4, -0.2) is 29.0 Å². The minimum Gasteiger partial charge on any atom is -0.364 e. The van der Waals surface area contributed by atoms with Gasteiger partial charge in [-0.2, -0.15) is 0 Å². The molecule has 1 rings (SSSR count). The van der Waals surface area contributed by atoms with Gasteiger partial charge >= 0.3 is 0 Å². The Morgan fingerprint density at radius 2 is 2.19 bits per heavy atom. The van der Waals surface area contributed by atoms with Crippen molar-refractivity contribution in [3.8, 4) is 0 Å². The Balaban J connectivity index is 3.16. The summed E-state index contributed by atoms with van der Waals surface area (Å²) >= 11 is 0. The van der Waals surface area contributed by atoms with Crippen LogP contribution in [-0.2, 0) is 6.42 Å². The highest BCUT2D eigenvalue weighted by Crippen LogP contribution is 2.17. The van der Waals surface area contributed by atoms with Crippen molar-refractivity contribution in [2.45, 2.75) is 33.2 Å². The molecular formula is C11H18N4O. The molecule has 0 aliphatic heterocycles. The average molecular weight is 222 g/mol. The molecule has 1 aromatic heterocycles. The van der Waals surface area contributed by atoms with Gasteiger partial charge in [0.1, 0.15) is 11.5 Å². The van der Waals surface area contributed by atoms with Crippen LogP contribution in [0, 0.1) is 0 Å². The van der Waals surface area contributed by atoms with Crippen LogP contribution in [0.2, 0.25) is 0 Å². The van der Waals surface area contributed by atoms with Crippen molar-refractivity contribution in [1.29, 1.82) is 0 Å². The second kappa shape index (κ2) is 4.92. The van der Waals surface area contributed by atoms with Crippen LogP contribution in [0.25, 0.3) is 0 Å². The fourth-order valence-corrected chi connectivity index (χ4v) is 1.32. The fourth-order valence-electron chi connectivity index (χ4n) is 1.32. The first kappa shape index (κ1) is 12.4. The summed E-state index contributed by atoms with van der Waals surface area (Å²) in [6.45, 7) is 6.12. The molecule has 1 aromatic rings. The molecule has 0 aliphatic carbocycles. The zero-order chi connectivity index (χ0) is 12.3. The monoisotopic (exact) mass is 222 g/mol. The number of rotatable bonds is 4. The first-order chi connectivity index (χ1) is 7.47. The summed E-state index contributed by atoms with van der Waals surface area (Å²) in [7, 11) is 1.96. The molecule has 0 aromatic carbocycles. The fraction of sp³-hybridized carbons (Fsp3) is 0.545. The topological polar surface area (TPSA) is 72.1 Å². The number of aromatic nitrogens is 2. The number of hydrogen-bond donors (Lipinski definition) is 1. The van der Waals surface area contributed by atoms with E-state index in [-0.39, 0.29) is 5.69 Å². The third-order valence-corrected chi connectivity index (χ3v) is 2.52. The lowest BCUT2D eigenvalue weighted by atomic mass is 10.2. The first-order valence-electron chi connectivity index (χ1n) is 5.35. The number of nitrogens with zero attached hydrogens (tertiary/aromatic N) is 3. The van der Waals surface area contributed by atoms with Crippen LogP contribution >= 0.6 is 0 Å². The molecular weight excluding hydrogens is 204 g/mol. The van der Waals surface area contributed by atoms with Gasteiger partial charge in [-0.15, -0.1) is 0 Å². The lowest BCUT2D eigenvalue weighted by Gasteiger charge is -2.24. The second-order valence-electron chi connectivity index (χ2n) is 3.95. The van der Waals surface area contributed by atoms with Gasteiger partial charge in [-0.25, -0.2) is 9.97 Å². The molecule has 5 nitrogen and oxygen atoms in total. The zero-order valence-electron chi connectivity index (χ0n) is 10.2. The van der Waals surface area contributed by atoms with Crippen molar-refractivity contribution >= 4 is 11.7 Å². The lowest BCUT2D eigenvalue weighted by Crippen LogP contribution is -2.28.